The summed E-state index contributed by atoms with van der Waals surface area (Å²) in [6.45, 7) is 4.88. The maximum atomic E-state index is 12.4. The van der Waals surface area contributed by atoms with Gasteiger partial charge in [0.2, 0.25) is 11.8 Å². The van der Waals surface area contributed by atoms with E-state index >= 15 is 0 Å². The number of nitrogens with zero attached hydrogens (tertiary/aromatic N) is 3. The first-order valence-corrected chi connectivity index (χ1v) is 9.08. The predicted molar refractivity (Wildman–Crippen MR) is 109 cm³/mol. The third kappa shape index (κ3) is 3.59. The zero-order valence-electron chi connectivity index (χ0n) is 16.8. The third-order valence-corrected chi connectivity index (χ3v) is 4.80. The topological polar surface area (TPSA) is 126 Å². The molecule has 10 heteroatoms. The van der Waals surface area contributed by atoms with Crippen LogP contribution in [0, 0.1) is 0 Å². The van der Waals surface area contributed by atoms with Gasteiger partial charge in [-0.2, -0.15) is 5.10 Å². The fourth-order valence-electron chi connectivity index (χ4n) is 3.39. The van der Waals surface area contributed by atoms with Crippen LogP contribution in [-0.4, -0.2) is 45.5 Å². The number of hydrogen-bond donors (Lipinski definition) is 2. The Kier molecular flexibility index (Phi) is 5.77. The van der Waals surface area contributed by atoms with Gasteiger partial charge in [0.05, 0.1) is 26.0 Å². The normalized spacial score (nSPS) is 15.6. The van der Waals surface area contributed by atoms with E-state index in [1.54, 1.807) is 18.2 Å². The molecule has 1 aromatic heterocycles. The molecule has 0 radical (unpaired) electrons. The highest BCUT2D eigenvalue weighted by molar-refractivity contribution is 6.04. The maximum Gasteiger partial charge on any atom is 0.331 e. The van der Waals surface area contributed by atoms with E-state index in [1.165, 1.54) is 32.2 Å². The molecule has 1 aliphatic heterocycles. The van der Waals surface area contributed by atoms with Gasteiger partial charge in [-0.3, -0.25) is 19.1 Å². The van der Waals surface area contributed by atoms with Crippen LogP contribution in [-0.2, 0) is 11.3 Å². The van der Waals surface area contributed by atoms with Crippen molar-refractivity contribution < 1.29 is 19.4 Å². The molecule has 0 saturated carbocycles. The minimum Gasteiger partial charge on any atom is -0.494 e. The minimum absolute atomic E-state index is 0.00272. The standard InChI is InChI=1S/C20H22N4O6/c1-5-8-23-19(27)17(18(26)21-20(23)28)13-10-14(24(22-13)11(2)25)12-6-7-15(29-3)16(9-12)30-4/h5-7,9,14,27H,1,8,10H2,2-4H3,(H,21,26,28). The summed E-state index contributed by atoms with van der Waals surface area (Å²) in [6.07, 6.45) is 1.56. The van der Waals surface area contributed by atoms with Crippen LogP contribution in [0.4, 0.5) is 0 Å². The summed E-state index contributed by atoms with van der Waals surface area (Å²) in [5.41, 5.74) is -0.822. The van der Waals surface area contributed by atoms with Crippen molar-refractivity contribution in [3.05, 3.63) is 62.8 Å². The lowest BCUT2D eigenvalue weighted by Gasteiger charge is -2.21. The lowest BCUT2D eigenvalue weighted by atomic mass is 9.98. The smallest absolute Gasteiger partial charge is 0.331 e. The molecule has 3 rings (SSSR count). The molecule has 1 amide bonds. The number of aromatic nitrogens is 2. The van der Waals surface area contributed by atoms with Crippen LogP contribution in [0.3, 0.4) is 0 Å². The van der Waals surface area contributed by atoms with Crippen molar-refractivity contribution in [2.45, 2.75) is 25.9 Å². The van der Waals surface area contributed by atoms with Crippen molar-refractivity contribution in [2.75, 3.05) is 14.2 Å². The van der Waals surface area contributed by atoms with Gasteiger partial charge in [0.15, 0.2) is 11.5 Å². The van der Waals surface area contributed by atoms with Crippen LogP contribution in [0.2, 0.25) is 0 Å². The molecule has 158 valence electrons. The lowest BCUT2D eigenvalue weighted by Crippen LogP contribution is -2.33. The molecule has 2 heterocycles. The Hall–Kier alpha value is -3.82. The Bertz CT molecular complexity index is 1150. The first-order valence-electron chi connectivity index (χ1n) is 9.08. The SMILES string of the molecule is C=CCn1c(O)c(C2=NN(C(C)=O)C(c3ccc(OC)c(OC)c3)C2)c(=O)[nH]c1=O. The van der Waals surface area contributed by atoms with Crippen molar-refractivity contribution >= 4 is 11.6 Å². The van der Waals surface area contributed by atoms with Gasteiger partial charge in [0.25, 0.3) is 5.56 Å². The molecule has 0 spiro atoms. The monoisotopic (exact) mass is 414 g/mol. The quantitative estimate of drug-likeness (QED) is 0.683. The summed E-state index contributed by atoms with van der Waals surface area (Å²) in [5.74, 6) is 0.131. The number of carbonyl (C=O) groups is 1. The number of amides is 1. The third-order valence-electron chi connectivity index (χ3n) is 4.80. The number of hydrogen-bond acceptors (Lipinski definition) is 7. The molecular formula is C20H22N4O6. The summed E-state index contributed by atoms with van der Waals surface area (Å²) in [5, 5.41) is 16.1. The summed E-state index contributed by atoms with van der Waals surface area (Å²) in [4.78, 5) is 38.8. The summed E-state index contributed by atoms with van der Waals surface area (Å²) < 4.78 is 11.5. The van der Waals surface area contributed by atoms with Crippen molar-refractivity contribution in [3.8, 4) is 17.4 Å². The molecule has 1 unspecified atom stereocenters. The van der Waals surface area contributed by atoms with Gasteiger partial charge in [-0.05, 0) is 17.7 Å². The average Bonchev–Trinajstić information content (AvgIpc) is 3.15. The molecule has 1 atom stereocenters. The number of ether oxygens (including phenoxy) is 2. The lowest BCUT2D eigenvalue weighted by molar-refractivity contribution is -0.130. The number of H-pyrrole nitrogens is 1. The van der Waals surface area contributed by atoms with E-state index in [0.29, 0.717) is 17.1 Å². The number of hydrazone groups is 1. The number of benzene rings is 1. The second-order valence-electron chi connectivity index (χ2n) is 6.60. The molecule has 1 aromatic carbocycles. The molecule has 2 N–H and O–H groups in total. The van der Waals surface area contributed by atoms with Crippen molar-refractivity contribution in [1.82, 2.24) is 14.6 Å². The molecule has 0 bridgehead atoms. The summed E-state index contributed by atoms with van der Waals surface area (Å²) >= 11 is 0. The fourth-order valence-corrected chi connectivity index (χ4v) is 3.39. The summed E-state index contributed by atoms with van der Waals surface area (Å²) in [7, 11) is 3.02. The van der Waals surface area contributed by atoms with Gasteiger partial charge < -0.3 is 14.6 Å². The number of carbonyl (C=O) groups excluding carboxylic acids is 1. The van der Waals surface area contributed by atoms with Gasteiger partial charge in [0.1, 0.15) is 5.56 Å². The molecular weight excluding hydrogens is 392 g/mol. The predicted octanol–water partition coefficient (Wildman–Crippen LogP) is 1.14. The van der Waals surface area contributed by atoms with Crippen LogP contribution >= 0.6 is 0 Å². The largest absolute Gasteiger partial charge is 0.494 e. The minimum atomic E-state index is -0.784. The number of aromatic amines is 1. The van der Waals surface area contributed by atoms with E-state index < -0.39 is 23.2 Å². The average molecular weight is 414 g/mol. The van der Waals surface area contributed by atoms with Crippen LogP contribution in [0.5, 0.6) is 17.4 Å². The zero-order valence-corrected chi connectivity index (χ0v) is 16.8. The van der Waals surface area contributed by atoms with Crippen LogP contribution in [0.25, 0.3) is 0 Å². The Morgan fingerprint density at radius 2 is 2.03 bits per heavy atom. The van der Waals surface area contributed by atoms with E-state index in [4.69, 9.17) is 9.47 Å². The highest BCUT2D eigenvalue weighted by atomic mass is 16.5. The molecule has 0 aliphatic carbocycles. The number of allylic oxidation sites excluding steroid dienone is 1. The Morgan fingerprint density at radius 1 is 1.33 bits per heavy atom. The second kappa shape index (κ2) is 8.27. The fraction of sp³-hybridized carbons (Fsp3) is 0.300. The molecule has 1 aliphatic rings. The van der Waals surface area contributed by atoms with Crippen LogP contribution in [0.15, 0.2) is 45.5 Å². The van der Waals surface area contributed by atoms with E-state index in [0.717, 1.165) is 4.57 Å². The van der Waals surface area contributed by atoms with Gasteiger partial charge in [-0.25, -0.2) is 9.80 Å². The molecule has 10 nitrogen and oxygen atoms in total. The van der Waals surface area contributed by atoms with Crippen molar-refractivity contribution in [1.29, 1.82) is 0 Å². The van der Waals surface area contributed by atoms with Crippen LogP contribution < -0.4 is 20.7 Å². The highest BCUT2D eigenvalue weighted by Crippen LogP contribution is 2.37. The van der Waals surface area contributed by atoms with E-state index in [9.17, 15) is 19.5 Å². The number of nitrogens with one attached hydrogen (secondary N) is 1. The Balaban J connectivity index is 2.09. The number of rotatable bonds is 6. The van der Waals surface area contributed by atoms with E-state index in [-0.39, 0.29) is 30.1 Å². The van der Waals surface area contributed by atoms with Gasteiger partial charge in [-0.1, -0.05) is 12.1 Å². The second-order valence-corrected chi connectivity index (χ2v) is 6.60. The molecule has 30 heavy (non-hydrogen) atoms. The van der Waals surface area contributed by atoms with Crippen molar-refractivity contribution in [2.24, 2.45) is 5.10 Å². The maximum absolute atomic E-state index is 12.4. The number of aromatic hydroxyl groups is 1. The summed E-state index contributed by atoms with van der Waals surface area (Å²) in [6, 6.07) is 4.67. The van der Waals surface area contributed by atoms with Gasteiger partial charge in [0, 0.05) is 19.9 Å². The zero-order chi connectivity index (χ0) is 22.0. The van der Waals surface area contributed by atoms with Crippen molar-refractivity contribution in [3.63, 3.8) is 0 Å². The van der Waals surface area contributed by atoms with Crippen LogP contribution in [0.1, 0.15) is 30.5 Å². The highest BCUT2D eigenvalue weighted by Gasteiger charge is 2.34. The van der Waals surface area contributed by atoms with E-state index in [2.05, 4.69) is 16.7 Å². The van der Waals surface area contributed by atoms with Gasteiger partial charge >= 0.3 is 5.69 Å². The molecule has 2 aromatic rings. The first kappa shape index (κ1) is 20.9. The Morgan fingerprint density at radius 3 is 2.63 bits per heavy atom. The number of methoxy groups -OCH3 is 2. The Labute approximate surface area is 171 Å². The van der Waals surface area contributed by atoms with Gasteiger partial charge in [-0.15, -0.1) is 6.58 Å². The molecule has 0 fully saturated rings. The molecule has 0 saturated heterocycles. The first-order chi connectivity index (χ1) is 14.3. The van der Waals surface area contributed by atoms with E-state index in [1.807, 2.05) is 0 Å².